The van der Waals surface area contributed by atoms with E-state index < -0.39 is 0 Å². The molecule has 0 unspecified atom stereocenters. The molecule has 6 heavy (non-hydrogen) atoms. The van der Waals surface area contributed by atoms with Gasteiger partial charge in [-0.2, -0.15) is 0 Å². The van der Waals surface area contributed by atoms with Crippen molar-refractivity contribution >= 4 is 12.6 Å². The molecular weight excluding hydrogens is 80.0 g/mol. The minimum Gasteiger partial charge on any atom is -0.243 e. The Morgan fingerprint density at radius 2 is 2.50 bits per heavy atom. The summed E-state index contributed by atoms with van der Waals surface area (Å²) in [4.78, 5) is 7.34. The van der Waals surface area contributed by atoms with Gasteiger partial charge in [0.2, 0.25) is 0 Å². The van der Waals surface area contributed by atoms with Crippen molar-refractivity contribution in [2.45, 2.75) is 0 Å². The van der Waals surface area contributed by atoms with E-state index in [1.165, 1.54) is 6.34 Å². The van der Waals surface area contributed by atoms with Crippen molar-refractivity contribution in [3.8, 4) is 0 Å². The van der Waals surface area contributed by atoms with Crippen LogP contribution in [0.3, 0.4) is 0 Å². The molecule has 0 saturated heterocycles. The molecule has 1 aliphatic rings. The number of nitrogens with zero attached hydrogens (tertiary/aromatic N) is 2. The Morgan fingerprint density at radius 3 is 2.67 bits per heavy atom. The standard InChI is InChI=1S/C4H4N2/c1-4-2-5-3-6-4/h2-3H,1H2/i1+1,2+1,3+1,4+1. The average Bonchev–Trinajstić information content (AvgIpc) is 1.86. The van der Waals surface area contributed by atoms with Crippen molar-refractivity contribution in [2.24, 2.45) is 9.98 Å². The van der Waals surface area contributed by atoms with E-state index >= 15 is 0 Å². The fourth-order valence-corrected chi connectivity index (χ4v) is 0.260. The average molecular weight is 84.1 g/mol. The molecule has 2 nitrogen and oxygen atoms in total. The van der Waals surface area contributed by atoms with E-state index in [0.29, 0.717) is 0 Å². The van der Waals surface area contributed by atoms with Gasteiger partial charge in [-0.1, -0.05) is 6.58 Å². The lowest BCUT2D eigenvalue weighted by molar-refractivity contribution is 1.56. The molecule has 0 aromatic carbocycles. The van der Waals surface area contributed by atoms with Crippen molar-refractivity contribution in [1.29, 1.82) is 0 Å². The predicted octanol–water partition coefficient (Wildman–Crippen LogP) is 0.613. The van der Waals surface area contributed by atoms with E-state index in [-0.39, 0.29) is 0 Å². The summed E-state index contributed by atoms with van der Waals surface area (Å²) in [5.74, 6) is 0. The Bertz CT molecular complexity index is 108. The minimum absolute atomic E-state index is 0.731. The Morgan fingerprint density at radius 1 is 1.67 bits per heavy atom. The second kappa shape index (κ2) is 1.05. The molecule has 0 spiro atoms. The number of hydrogen-bond donors (Lipinski definition) is 0. The van der Waals surface area contributed by atoms with Crippen LogP contribution in [-0.2, 0) is 0 Å². The summed E-state index contributed by atoms with van der Waals surface area (Å²) in [6.45, 7) is 3.51. The molecule has 0 N–H and O–H groups in total. The molecule has 0 radical (unpaired) electrons. The lowest BCUT2D eigenvalue weighted by Gasteiger charge is -1.68. The molecule has 0 aliphatic carbocycles. The minimum atomic E-state index is 0.731. The fraction of sp³-hybridized carbons (Fsp3) is 0. The Labute approximate surface area is 35.9 Å². The maximum Gasteiger partial charge on any atom is 0.116 e. The highest BCUT2D eigenvalue weighted by Gasteiger charge is 1.83. The maximum absolute atomic E-state index is 3.69. The highest BCUT2D eigenvalue weighted by atomic mass is 15.3. The summed E-state index contributed by atoms with van der Waals surface area (Å²) in [5.41, 5.74) is 0.731. The van der Waals surface area contributed by atoms with Crippen molar-refractivity contribution < 1.29 is 0 Å². The van der Waals surface area contributed by atoms with Crippen LogP contribution >= 0.6 is 0 Å². The zero-order valence-electron chi connectivity index (χ0n) is 3.26. The molecule has 0 saturated carbocycles. The van der Waals surface area contributed by atoms with Crippen molar-refractivity contribution in [3.05, 3.63) is 12.3 Å². The van der Waals surface area contributed by atoms with Gasteiger partial charge in [0, 0.05) is 0 Å². The van der Waals surface area contributed by atoms with Crippen LogP contribution in [0.25, 0.3) is 0 Å². The number of aliphatic imine (C=N–C) groups is 2. The lowest BCUT2D eigenvalue weighted by atomic mass is 11.5. The second-order valence-corrected chi connectivity index (χ2v) is 1.01. The smallest absolute Gasteiger partial charge is 0.116 e. The number of allylic oxidation sites excluding steroid dienone is 1. The van der Waals surface area contributed by atoms with Crippen LogP contribution < -0.4 is 0 Å². The highest BCUT2D eigenvalue weighted by Crippen LogP contribution is 1.90. The first-order valence-electron chi connectivity index (χ1n) is 1.64. The fourth-order valence-electron chi connectivity index (χ4n) is 0.260. The summed E-state index contributed by atoms with van der Waals surface area (Å²) in [5, 5.41) is 0. The van der Waals surface area contributed by atoms with E-state index in [1.54, 1.807) is 6.21 Å². The van der Waals surface area contributed by atoms with Gasteiger partial charge in [-0.15, -0.1) is 0 Å². The molecule has 0 amide bonds. The van der Waals surface area contributed by atoms with Gasteiger partial charge in [0.15, 0.2) is 0 Å². The van der Waals surface area contributed by atoms with Gasteiger partial charge < -0.3 is 0 Å². The lowest BCUT2D eigenvalue weighted by Crippen LogP contribution is -1.62. The molecule has 1 heterocycles. The van der Waals surface area contributed by atoms with Crippen LogP contribution in [0.5, 0.6) is 0 Å². The number of hydrogen-bond acceptors (Lipinski definition) is 2. The summed E-state index contributed by atoms with van der Waals surface area (Å²) in [6.07, 6.45) is 3.09. The summed E-state index contributed by atoms with van der Waals surface area (Å²) < 4.78 is 0. The molecule has 0 atom stereocenters. The predicted molar refractivity (Wildman–Crippen MR) is 26.1 cm³/mol. The number of rotatable bonds is 0. The summed E-state index contributed by atoms with van der Waals surface area (Å²) >= 11 is 0. The molecule has 1 aliphatic heterocycles. The molecule has 0 aromatic heterocycles. The molecule has 0 bridgehead atoms. The third-order valence-electron chi connectivity index (χ3n) is 0.514. The molecule has 30 valence electrons. The van der Waals surface area contributed by atoms with Gasteiger partial charge in [-0.25, -0.2) is 9.98 Å². The van der Waals surface area contributed by atoms with Gasteiger partial charge in [0.1, 0.15) is 6.34 Å². The van der Waals surface area contributed by atoms with E-state index in [0.717, 1.165) is 5.70 Å². The SMILES string of the molecule is [13CH2]=[13C]1[13CH]=N[13CH]=N1. The topological polar surface area (TPSA) is 24.7 Å². The normalized spacial score (nSPS) is 17.0. The van der Waals surface area contributed by atoms with Gasteiger partial charge >= 0.3 is 0 Å². The highest BCUT2D eigenvalue weighted by molar-refractivity contribution is 5.90. The molecular formula is C4H4N2. The van der Waals surface area contributed by atoms with Gasteiger partial charge in [0.05, 0.1) is 11.9 Å². The molecule has 0 aromatic rings. The van der Waals surface area contributed by atoms with Crippen molar-refractivity contribution in [2.75, 3.05) is 0 Å². The van der Waals surface area contributed by atoms with E-state index in [2.05, 4.69) is 16.6 Å². The maximum atomic E-state index is 3.69. The second-order valence-electron chi connectivity index (χ2n) is 1.01. The molecule has 0 fully saturated rings. The monoisotopic (exact) mass is 84.1 g/mol. The third kappa shape index (κ3) is 0.360. The van der Waals surface area contributed by atoms with E-state index in [4.69, 9.17) is 0 Å². The van der Waals surface area contributed by atoms with Crippen molar-refractivity contribution in [1.82, 2.24) is 0 Å². The summed E-state index contributed by atoms with van der Waals surface area (Å²) in [7, 11) is 0. The largest absolute Gasteiger partial charge is 0.243 e. The first-order chi connectivity index (χ1) is 2.89. The van der Waals surface area contributed by atoms with Crippen molar-refractivity contribution in [3.63, 3.8) is 0 Å². The van der Waals surface area contributed by atoms with Gasteiger partial charge in [-0.05, 0) is 0 Å². The van der Waals surface area contributed by atoms with E-state index in [1.807, 2.05) is 0 Å². The zero-order chi connectivity index (χ0) is 4.41. The van der Waals surface area contributed by atoms with Crippen LogP contribution in [0.4, 0.5) is 0 Å². The Hall–Kier alpha value is -0.920. The van der Waals surface area contributed by atoms with Crippen LogP contribution in [0.1, 0.15) is 0 Å². The van der Waals surface area contributed by atoms with Crippen LogP contribution in [0, 0.1) is 0 Å². The molecule has 2 heteroatoms. The Kier molecular flexibility index (Phi) is 0.572. The quantitative estimate of drug-likeness (QED) is 0.384. The first kappa shape index (κ1) is 3.28. The first-order valence-corrected chi connectivity index (χ1v) is 1.64. The van der Waals surface area contributed by atoms with Crippen LogP contribution in [0.15, 0.2) is 22.3 Å². The third-order valence-corrected chi connectivity index (χ3v) is 0.514. The summed E-state index contributed by atoms with van der Waals surface area (Å²) in [6, 6.07) is 0. The van der Waals surface area contributed by atoms with Gasteiger partial charge in [-0.3, -0.25) is 0 Å². The molecule has 1 rings (SSSR count). The van der Waals surface area contributed by atoms with Crippen LogP contribution in [0.2, 0.25) is 0 Å². The van der Waals surface area contributed by atoms with E-state index in [9.17, 15) is 0 Å². The zero-order valence-corrected chi connectivity index (χ0v) is 3.26. The van der Waals surface area contributed by atoms with Crippen LogP contribution in [-0.4, -0.2) is 12.6 Å². The van der Waals surface area contributed by atoms with Gasteiger partial charge in [0.25, 0.3) is 0 Å². The Balaban J connectivity index is 2.86.